The Labute approximate surface area is 85.0 Å². The molecule has 0 unspecified atom stereocenters. The van der Waals surface area contributed by atoms with Gasteiger partial charge in [-0.25, -0.2) is 0 Å². The lowest BCUT2D eigenvalue weighted by Crippen LogP contribution is -2.04. The Morgan fingerprint density at radius 1 is 0.833 bits per heavy atom. The van der Waals surface area contributed by atoms with Gasteiger partial charge in [0.05, 0.1) is 29.0 Å². The molecule has 0 aliphatic carbocycles. The second-order valence-electron chi connectivity index (χ2n) is 2.06. The van der Waals surface area contributed by atoms with E-state index in [1.165, 1.54) is 0 Å². The minimum absolute atomic E-state index is 0.279. The van der Waals surface area contributed by atoms with Crippen molar-refractivity contribution in [1.82, 2.24) is 15.4 Å². The van der Waals surface area contributed by atoms with Crippen molar-refractivity contribution in [3.05, 3.63) is 17.0 Å². The predicted molar refractivity (Wildman–Crippen MR) is 48.5 cm³/mol. The van der Waals surface area contributed by atoms with Crippen LogP contribution in [0.25, 0.3) is 0 Å². The van der Waals surface area contributed by atoms with Gasteiger partial charge in [0.25, 0.3) is 0 Å². The summed E-state index contributed by atoms with van der Waals surface area (Å²) in [5.74, 6) is 0.871. The number of halogens is 3. The summed E-state index contributed by atoms with van der Waals surface area (Å²) in [4.78, 5) is 0. The molecule has 6 heteroatoms. The smallest absolute Gasteiger partial charge is 0.0859 e. The van der Waals surface area contributed by atoms with Crippen LogP contribution in [0, 0.1) is 0 Å². The van der Waals surface area contributed by atoms with Crippen molar-refractivity contribution >= 4 is 34.8 Å². The maximum Gasteiger partial charge on any atom is 0.0859 e. The van der Waals surface area contributed by atoms with Crippen LogP contribution < -0.4 is 0 Å². The average Bonchev–Trinajstić information content (AvgIpc) is 2.16. The fourth-order valence-corrected chi connectivity index (χ4v) is 1.52. The zero-order chi connectivity index (χ0) is 8.97. The first-order valence-corrected chi connectivity index (χ1v) is 4.81. The summed E-state index contributed by atoms with van der Waals surface area (Å²) in [6.07, 6.45) is 0. The Bertz CT molecular complexity index is 244. The third-order valence-electron chi connectivity index (χ3n) is 1.41. The minimum atomic E-state index is 0.279. The van der Waals surface area contributed by atoms with E-state index in [0.29, 0.717) is 17.3 Å². The molecule has 0 spiro atoms. The number of alkyl halides is 3. The molecule has 1 aromatic heterocycles. The van der Waals surface area contributed by atoms with Crippen LogP contribution in [0.3, 0.4) is 0 Å². The molecule has 1 aromatic rings. The van der Waals surface area contributed by atoms with Crippen LogP contribution in [0.1, 0.15) is 17.0 Å². The first kappa shape index (κ1) is 9.96. The summed E-state index contributed by atoms with van der Waals surface area (Å²) in [5.41, 5.74) is 2.09. The van der Waals surface area contributed by atoms with Crippen LogP contribution >= 0.6 is 34.8 Å². The summed E-state index contributed by atoms with van der Waals surface area (Å²) >= 11 is 16.9. The lowest BCUT2D eigenvalue weighted by atomic mass is 10.2. The Hall–Kier alpha value is -0.120. The van der Waals surface area contributed by atoms with Gasteiger partial charge in [0.1, 0.15) is 0 Å². The Morgan fingerprint density at radius 2 is 1.33 bits per heavy atom. The second-order valence-corrected chi connectivity index (χ2v) is 2.86. The second kappa shape index (κ2) is 4.80. The zero-order valence-electron chi connectivity index (χ0n) is 6.10. The fraction of sp³-hybridized carbons (Fsp3) is 0.500. The van der Waals surface area contributed by atoms with Crippen LogP contribution in [0.2, 0.25) is 0 Å². The van der Waals surface area contributed by atoms with E-state index in [2.05, 4.69) is 15.4 Å². The van der Waals surface area contributed by atoms with E-state index in [0.717, 1.165) is 5.56 Å². The fourth-order valence-electron chi connectivity index (χ4n) is 0.787. The minimum Gasteiger partial charge on any atom is -0.134 e. The zero-order valence-corrected chi connectivity index (χ0v) is 8.36. The van der Waals surface area contributed by atoms with Gasteiger partial charge in [-0.15, -0.1) is 45.0 Å². The van der Waals surface area contributed by atoms with E-state index in [1.54, 1.807) is 0 Å². The molecule has 0 saturated heterocycles. The van der Waals surface area contributed by atoms with Gasteiger partial charge >= 0.3 is 0 Å². The molecule has 0 saturated carbocycles. The SMILES string of the molecule is ClCc1nnnc(CCl)c1CCl. The topological polar surface area (TPSA) is 38.7 Å². The highest BCUT2D eigenvalue weighted by Gasteiger charge is 2.09. The van der Waals surface area contributed by atoms with Gasteiger partial charge < -0.3 is 0 Å². The van der Waals surface area contributed by atoms with Crippen molar-refractivity contribution in [2.45, 2.75) is 17.6 Å². The van der Waals surface area contributed by atoms with Gasteiger partial charge in [-0.05, 0) is 5.21 Å². The van der Waals surface area contributed by atoms with Gasteiger partial charge in [0.2, 0.25) is 0 Å². The van der Waals surface area contributed by atoms with Crippen molar-refractivity contribution in [1.29, 1.82) is 0 Å². The molecule has 0 aromatic carbocycles. The molecule has 0 aliphatic rings. The number of hydrogen-bond acceptors (Lipinski definition) is 3. The molecule has 0 radical (unpaired) electrons. The molecule has 0 atom stereocenters. The maximum atomic E-state index is 5.67. The van der Waals surface area contributed by atoms with E-state index in [-0.39, 0.29) is 11.8 Å². The van der Waals surface area contributed by atoms with Crippen molar-refractivity contribution < 1.29 is 0 Å². The summed E-state index contributed by atoms with van der Waals surface area (Å²) in [7, 11) is 0. The van der Waals surface area contributed by atoms with Crippen LogP contribution in [-0.2, 0) is 17.6 Å². The van der Waals surface area contributed by atoms with E-state index >= 15 is 0 Å². The van der Waals surface area contributed by atoms with Crippen LogP contribution in [-0.4, -0.2) is 15.4 Å². The Kier molecular flexibility index (Phi) is 3.98. The third-order valence-corrected chi connectivity index (χ3v) is 2.19. The van der Waals surface area contributed by atoms with Crippen LogP contribution in [0.5, 0.6) is 0 Å². The normalized spacial score (nSPS) is 10.2. The number of aromatic nitrogens is 3. The van der Waals surface area contributed by atoms with Crippen LogP contribution in [0.15, 0.2) is 0 Å². The molecule has 12 heavy (non-hydrogen) atoms. The molecule has 0 aliphatic heterocycles. The third kappa shape index (κ3) is 1.97. The van der Waals surface area contributed by atoms with E-state index in [1.807, 2.05) is 0 Å². The largest absolute Gasteiger partial charge is 0.134 e. The van der Waals surface area contributed by atoms with Gasteiger partial charge in [0.15, 0.2) is 0 Å². The molecular formula is C6H6Cl3N3. The molecule has 3 nitrogen and oxygen atoms in total. The molecule has 66 valence electrons. The number of rotatable bonds is 3. The lowest BCUT2D eigenvalue weighted by Gasteiger charge is -2.03. The summed E-state index contributed by atoms with van der Waals surface area (Å²) < 4.78 is 0. The Balaban J connectivity index is 3.13. The van der Waals surface area contributed by atoms with Gasteiger partial charge in [0, 0.05) is 5.56 Å². The highest BCUT2D eigenvalue weighted by atomic mass is 35.5. The Morgan fingerprint density at radius 3 is 1.67 bits per heavy atom. The van der Waals surface area contributed by atoms with Gasteiger partial charge in [-0.1, -0.05) is 0 Å². The molecule has 0 fully saturated rings. The quantitative estimate of drug-likeness (QED) is 0.741. The summed E-state index contributed by atoms with van der Waals surface area (Å²) in [6.45, 7) is 0. The van der Waals surface area contributed by atoms with E-state index in [9.17, 15) is 0 Å². The molecular weight excluding hydrogens is 220 g/mol. The lowest BCUT2D eigenvalue weighted by molar-refractivity contribution is 0.788. The highest BCUT2D eigenvalue weighted by Crippen LogP contribution is 2.15. The first-order valence-electron chi connectivity index (χ1n) is 3.21. The summed E-state index contributed by atoms with van der Waals surface area (Å²) in [6, 6.07) is 0. The van der Waals surface area contributed by atoms with Crippen molar-refractivity contribution in [3.63, 3.8) is 0 Å². The first-order chi connectivity index (χ1) is 5.83. The molecule has 0 N–H and O–H groups in total. The average molecular weight is 226 g/mol. The van der Waals surface area contributed by atoms with E-state index < -0.39 is 0 Å². The standard InChI is InChI=1S/C6H6Cl3N3/c7-1-4-5(2-8)10-12-11-6(4)3-9/h1-3H2. The molecule has 1 heterocycles. The highest BCUT2D eigenvalue weighted by molar-refractivity contribution is 6.19. The number of nitrogens with zero attached hydrogens (tertiary/aromatic N) is 3. The van der Waals surface area contributed by atoms with Crippen molar-refractivity contribution in [2.24, 2.45) is 0 Å². The monoisotopic (exact) mass is 225 g/mol. The molecule has 0 bridgehead atoms. The van der Waals surface area contributed by atoms with Gasteiger partial charge in [-0.3, -0.25) is 0 Å². The molecule has 1 rings (SSSR count). The molecule has 0 amide bonds. The van der Waals surface area contributed by atoms with Gasteiger partial charge in [-0.2, -0.15) is 0 Å². The number of hydrogen-bond donors (Lipinski definition) is 0. The van der Waals surface area contributed by atoms with Crippen molar-refractivity contribution in [2.75, 3.05) is 0 Å². The summed E-state index contributed by atoms with van der Waals surface area (Å²) in [5, 5.41) is 11.0. The van der Waals surface area contributed by atoms with E-state index in [4.69, 9.17) is 34.8 Å². The maximum absolute atomic E-state index is 5.67. The predicted octanol–water partition coefficient (Wildman–Crippen LogP) is 2.09. The van der Waals surface area contributed by atoms with Crippen LogP contribution in [0.4, 0.5) is 0 Å². The van der Waals surface area contributed by atoms with Crippen molar-refractivity contribution in [3.8, 4) is 0 Å².